The first-order valence-corrected chi connectivity index (χ1v) is 2.50. The first kappa shape index (κ1) is 2.75. The second-order valence-corrected chi connectivity index (χ2v) is 2.09. The Bertz CT molecular complexity index is 144. The van der Waals surface area contributed by atoms with E-state index in [4.69, 9.17) is 1.37 Å². The zero-order chi connectivity index (χ0) is 5.28. The van der Waals surface area contributed by atoms with Crippen molar-refractivity contribution in [2.45, 2.75) is 6.92 Å². The van der Waals surface area contributed by atoms with Gasteiger partial charge in [-0.1, -0.05) is 0 Å². The second kappa shape index (κ2) is 1.39. The minimum Gasteiger partial charge on any atom is -0.253 e. The smallest absolute Gasteiger partial charge is 0.0960 e. The molecule has 1 aromatic rings. The van der Waals surface area contributed by atoms with Crippen LogP contribution in [0.5, 0.6) is 0 Å². The molecule has 0 atom stereocenters. The third-order valence-electron chi connectivity index (χ3n) is 0.506. The summed E-state index contributed by atoms with van der Waals surface area (Å²) >= 11 is 1.40. The van der Waals surface area contributed by atoms with Crippen LogP contribution in [0, 0.1) is 6.92 Å². The van der Waals surface area contributed by atoms with E-state index in [1.54, 1.807) is 6.20 Å². The largest absolute Gasteiger partial charge is 0.253 e. The standard InChI is InChI=1S/C4H5NS/c1-4-2-5-3-6-4/h2-3H,1H3/i3T. The van der Waals surface area contributed by atoms with Crippen molar-refractivity contribution in [2.24, 2.45) is 0 Å². The van der Waals surface area contributed by atoms with E-state index in [0.717, 1.165) is 4.88 Å². The molecule has 0 aromatic carbocycles. The number of aryl methyl sites for hydroxylation is 1. The Balaban J connectivity index is 3.04. The highest BCUT2D eigenvalue weighted by molar-refractivity contribution is 7.09. The lowest BCUT2D eigenvalue weighted by Crippen LogP contribution is -1.48. The van der Waals surface area contributed by atoms with Gasteiger partial charge in [0, 0.05) is 11.1 Å². The summed E-state index contributed by atoms with van der Waals surface area (Å²) in [7, 11) is 0. The lowest BCUT2D eigenvalue weighted by atomic mass is 10.7. The molecule has 6 heavy (non-hydrogen) atoms. The van der Waals surface area contributed by atoms with E-state index < -0.39 is 0 Å². The minimum absolute atomic E-state index is 0.400. The lowest BCUT2D eigenvalue weighted by molar-refractivity contribution is 1.39. The maximum absolute atomic E-state index is 6.92. The SMILES string of the molecule is [3H]c1ncc(C)s1. The molecule has 0 radical (unpaired) electrons. The topological polar surface area (TPSA) is 12.9 Å². The van der Waals surface area contributed by atoms with Crippen LogP contribution in [-0.4, -0.2) is 4.98 Å². The van der Waals surface area contributed by atoms with Crippen LogP contribution in [0.25, 0.3) is 0 Å². The van der Waals surface area contributed by atoms with Gasteiger partial charge in [0.25, 0.3) is 0 Å². The number of thiazole rings is 1. The van der Waals surface area contributed by atoms with Crippen molar-refractivity contribution in [3.8, 4) is 0 Å². The van der Waals surface area contributed by atoms with Crippen LogP contribution in [0.4, 0.5) is 0 Å². The minimum atomic E-state index is 0.400. The highest BCUT2D eigenvalue weighted by Gasteiger charge is 1.76. The molecule has 1 rings (SSSR count). The predicted octanol–water partition coefficient (Wildman–Crippen LogP) is 1.45. The zero-order valence-electron chi connectivity index (χ0n) is 4.43. The summed E-state index contributed by atoms with van der Waals surface area (Å²) in [6.45, 7) is 1.94. The number of aromatic nitrogens is 1. The summed E-state index contributed by atoms with van der Waals surface area (Å²) in [4.78, 5) is 4.80. The number of hydrogen-bond donors (Lipinski definition) is 0. The van der Waals surface area contributed by atoms with Gasteiger partial charge in [0.1, 0.15) is 0 Å². The van der Waals surface area contributed by atoms with Gasteiger partial charge in [-0.3, -0.25) is 4.98 Å². The van der Waals surface area contributed by atoms with Crippen molar-refractivity contribution in [1.29, 1.82) is 0 Å². The Morgan fingerprint density at radius 1 is 2.17 bits per heavy atom. The van der Waals surface area contributed by atoms with Gasteiger partial charge in [-0.2, -0.15) is 0 Å². The number of hydrogen-bond acceptors (Lipinski definition) is 2. The molecular weight excluding hydrogens is 94.1 g/mol. The van der Waals surface area contributed by atoms with Crippen molar-refractivity contribution >= 4 is 11.3 Å². The summed E-state index contributed by atoms with van der Waals surface area (Å²) in [5.41, 5.74) is 0.400. The molecule has 0 bridgehead atoms. The van der Waals surface area contributed by atoms with Crippen molar-refractivity contribution in [3.63, 3.8) is 0 Å². The molecule has 0 aliphatic rings. The molecule has 0 amide bonds. The monoisotopic (exact) mass is 101 g/mol. The van der Waals surface area contributed by atoms with Crippen LogP contribution in [0.2, 0.25) is 0 Å². The van der Waals surface area contributed by atoms with Crippen molar-refractivity contribution < 1.29 is 1.37 Å². The highest BCUT2D eigenvalue weighted by Crippen LogP contribution is 1.99. The van der Waals surface area contributed by atoms with E-state index in [0.29, 0.717) is 5.49 Å². The Morgan fingerprint density at radius 2 is 3.00 bits per heavy atom. The van der Waals surface area contributed by atoms with E-state index in [9.17, 15) is 0 Å². The van der Waals surface area contributed by atoms with E-state index in [-0.39, 0.29) is 0 Å². The summed E-state index contributed by atoms with van der Waals surface area (Å²) in [5.74, 6) is 0. The predicted molar refractivity (Wildman–Crippen MR) is 26.9 cm³/mol. The van der Waals surface area contributed by atoms with Gasteiger partial charge in [-0.25, -0.2) is 0 Å². The second-order valence-electron chi connectivity index (χ2n) is 1.06. The van der Waals surface area contributed by atoms with Crippen LogP contribution in [0.1, 0.15) is 6.25 Å². The zero-order valence-corrected chi connectivity index (χ0v) is 4.25. The van der Waals surface area contributed by atoms with E-state index >= 15 is 0 Å². The first-order valence-electron chi connectivity index (χ1n) is 2.18. The van der Waals surface area contributed by atoms with Crippen molar-refractivity contribution in [1.82, 2.24) is 4.98 Å². The average Bonchev–Trinajstić information content (AvgIpc) is 1.87. The molecule has 1 nitrogen and oxygen atoms in total. The molecule has 0 unspecified atom stereocenters. The number of rotatable bonds is 0. The Morgan fingerprint density at radius 3 is 3.17 bits per heavy atom. The quantitative estimate of drug-likeness (QED) is 0.482. The van der Waals surface area contributed by atoms with Gasteiger partial charge < -0.3 is 0 Å². The summed E-state index contributed by atoms with van der Waals surface area (Å²) < 4.78 is 6.92. The maximum Gasteiger partial charge on any atom is 0.0960 e. The third-order valence-corrected chi connectivity index (χ3v) is 1.13. The van der Waals surface area contributed by atoms with Crippen LogP contribution >= 0.6 is 11.3 Å². The normalized spacial score (nSPS) is 11.2. The molecule has 2 heteroatoms. The Hall–Kier alpha value is -0.370. The van der Waals surface area contributed by atoms with E-state index in [1.165, 1.54) is 11.3 Å². The van der Waals surface area contributed by atoms with Gasteiger partial charge in [0.2, 0.25) is 0 Å². The van der Waals surface area contributed by atoms with Crippen LogP contribution in [0.3, 0.4) is 0 Å². The van der Waals surface area contributed by atoms with Gasteiger partial charge in [0.05, 0.1) is 6.86 Å². The van der Waals surface area contributed by atoms with E-state index in [2.05, 4.69) is 4.98 Å². The fourth-order valence-electron chi connectivity index (χ4n) is 0.242. The fraction of sp³-hybridized carbons (Fsp3) is 0.250. The summed E-state index contributed by atoms with van der Waals surface area (Å²) in [6.07, 6.45) is 1.70. The third kappa shape index (κ3) is 0.571. The molecule has 1 heterocycles. The molecule has 0 fully saturated rings. The maximum atomic E-state index is 6.92. The highest BCUT2D eigenvalue weighted by atomic mass is 32.1. The summed E-state index contributed by atoms with van der Waals surface area (Å²) in [5, 5.41) is 0. The molecular formula is C4H5NS. The molecule has 0 N–H and O–H groups in total. The molecule has 32 valence electrons. The molecule has 0 spiro atoms. The van der Waals surface area contributed by atoms with Crippen LogP contribution < -0.4 is 0 Å². The Kier molecular flexibility index (Phi) is 0.635. The molecule has 0 saturated heterocycles. The average molecular weight is 101 g/mol. The molecule has 0 saturated carbocycles. The van der Waals surface area contributed by atoms with Crippen molar-refractivity contribution in [3.05, 3.63) is 16.6 Å². The molecule has 0 aliphatic carbocycles. The number of nitrogens with zero attached hydrogens (tertiary/aromatic N) is 1. The summed E-state index contributed by atoms with van der Waals surface area (Å²) in [6, 6.07) is 0. The van der Waals surface area contributed by atoms with Gasteiger partial charge >= 0.3 is 0 Å². The van der Waals surface area contributed by atoms with Gasteiger partial charge in [-0.15, -0.1) is 11.3 Å². The molecule has 0 aliphatic heterocycles. The lowest BCUT2D eigenvalue weighted by Gasteiger charge is -1.63. The fourth-order valence-corrected chi connectivity index (χ4v) is 0.597. The Labute approximate surface area is 42.1 Å². The first-order chi connectivity index (χ1) is 3.29. The molecule has 1 aromatic heterocycles. The van der Waals surface area contributed by atoms with Crippen molar-refractivity contribution in [2.75, 3.05) is 0 Å². The van der Waals surface area contributed by atoms with E-state index in [1.807, 2.05) is 6.92 Å². The van der Waals surface area contributed by atoms with Gasteiger partial charge in [0.15, 0.2) is 0 Å². The van der Waals surface area contributed by atoms with Crippen LogP contribution in [-0.2, 0) is 0 Å². The van der Waals surface area contributed by atoms with Gasteiger partial charge in [-0.05, 0) is 6.92 Å². The van der Waals surface area contributed by atoms with Crippen LogP contribution in [0.15, 0.2) is 11.7 Å².